The summed E-state index contributed by atoms with van der Waals surface area (Å²) < 4.78 is 22.0. The van der Waals surface area contributed by atoms with Crippen molar-refractivity contribution in [2.24, 2.45) is 11.8 Å². The molecule has 0 spiro atoms. The molecule has 0 saturated heterocycles. The van der Waals surface area contributed by atoms with Crippen molar-refractivity contribution in [3.8, 4) is 0 Å². The van der Waals surface area contributed by atoms with Gasteiger partial charge in [0, 0.05) is 30.0 Å². The van der Waals surface area contributed by atoms with Crippen LogP contribution in [0.5, 0.6) is 0 Å². The van der Waals surface area contributed by atoms with Crippen LogP contribution in [-0.4, -0.2) is 38.8 Å². The molecule has 1 aliphatic carbocycles. The monoisotopic (exact) mass is 324 g/mol. The first-order valence-corrected chi connectivity index (χ1v) is 9.19. The molecule has 22 heavy (non-hydrogen) atoms. The number of anilines is 1. The Kier molecular flexibility index (Phi) is 4.85. The topological polar surface area (TPSA) is 92.3 Å². The molecule has 0 unspecified atom stereocenters. The van der Waals surface area contributed by atoms with Crippen LogP contribution in [0.2, 0.25) is 0 Å². The molecule has 6 nitrogen and oxygen atoms in total. The molecule has 1 aromatic carbocycles. The molecule has 120 valence electrons. The molecule has 1 aliphatic rings. The number of benzene rings is 1. The summed E-state index contributed by atoms with van der Waals surface area (Å²) in [6, 6.07) is 6.52. The van der Waals surface area contributed by atoms with Gasteiger partial charge < -0.3 is 10.6 Å². The fourth-order valence-corrected chi connectivity index (χ4v) is 2.55. The van der Waals surface area contributed by atoms with Crippen LogP contribution in [0, 0.1) is 11.8 Å². The Balaban J connectivity index is 1.85. The van der Waals surface area contributed by atoms with Gasteiger partial charge >= 0.3 is 0 Å². The molecule has 2 amide bonds. The molecular formula is C15H20N2O4S. The fraction of sp³-hybridized carbons (Fsp3) is 0.467. The molecule has 0 bridgehead atoms. The third-order valence-electron chi connectivity index (χ3n) is 3.62. The molecule has 2 N–H and O–H groups in total. The van der Waals surface area contributed by atoms with Gasteiger partial charge in [-0.15, -0.1) is 0 Å². The van der Waals surface area contributed by atoms with Gasteiger partial charge in [0.15, 0.2) is 0 Å². The van der Waals surface area contributed by atoms with E-state index >= 15 is 0 Å². The van der Waals surface area contributed by atoms with Gasteiger partial charge in [-0.3, -0.25) is 9.59 Å². The van der Waals surface area contributed by atoms with E-state index in [1.54, 1.807) is 24.3 Å². The Labute approximate surface area is 130 Å². The van der Waals surface area contributed by atoms with Crippen LogP contribution >= 0.6 is 0 Å². The molecule has 2 atom stereocenters. The maximum absolute atomic E-state index is 11.8. The number of sulfone groups is 1. The van der Waals surface area contributed by atoms with E-state index in [1.807, 2.05) is 6.92 Å². The quantitative estimate of drug-likeness (QED) is 0.818. The van der Waals surface area contributed by atoms with Crippen LogP contribution in [-0.2, 0) is 14.6 Å². The van der Waals surface area contributed by atoms with Crippen molar-refractivity contribution in [1.29, 1.82) is 0 Å². The molecule has 2 rings (SSSR count). The first-order chi connectivity index (χ1) is 10.3. The van der Waals surface area contributed by atoms with Crippen molar-refractivity contribution < 1.29 is 18.0 Å². The van der Waals surface area contributed by atoms with Crippen molar-refractivity contribution >= 4 is 27.3 Å². The van der Waals surface area contributed by atoms with Gasteiger partial charge in [0.05, 0.1) is 5.75 Å². The second kappa shape index (κ2) is 6.48. The summed E-state index contributed by atoms with van der Waals surface area (Å²) in [5.74, 6) is 0.126. The van der Waals surface area contributed by atoms with Gasteiger partial charge in [0.25, 0.3) is 5.91 Å². The lowest BCUT2D eigenvalue weighted by atomic mass is 10.2. The van der Waals surface area contributed by atoms with Crippen molar-refractivity contribution in [2.75, 3.05) is 23.9 Å². The second-order valence-corrected chi connectivity index (χ2v) is 8.03. The number of hydrogen-bond donors (Lipinski definition) is 2. The minimum atomic E-state index is -3.09. The van der Waals surface area contributed by atoms with Crippen LogP contribution in [0.4, 0.5) is 5.69 Å². The highest BCUT2D eigenvalue weighted by molar-refractivity contribution is 7.90. The Morgan fingerprint density at radius 3 is 2.32 bits per heavy atom. The largest absolute Gasteiger partial charge is 0.351 e. The summed E-state index contributed by atoms with van der Waals surface area (Å²) in [4.78, 5) is 23.6. The lowest BCUT2D eigenvalue weighted by Crippen LogP contribution is -2.28. The van der Waals surface area contributed by atoms with Gasteiger partial charge in [-0.1, -0.05) is 6.92 Å². The smallest absolute Gasteiger partial charge is 0.251 e. The standard InChI is InChI=1S/C15H20N2O4S/c1-10-9-13(10)15(19)17-12-5-3-11(4-6-12)14(18)16-7-8-22(2,20)21/h3-6,10,13H,7-9H2,1-2H3,(H,16,18)(H,17,19)/t10-,13+/m0/s1. The van der Waals surface area contributed by atoms with Crippen molar-refractivity contribution in [3.05, 3.63) is 29.8 Å². The third-order valence-corrected chi connectivity index (χ3v) is 4.56. The van der Waals surface area contributed by atoms with E-state index in [1.165, 1.54) is 0 Å². The highest BCUT2D eigenvalue weighted by Gasteiger charge is 2.39. The number of nitrogens with one attached hydrogen (secondary N) is 2. The Morgan fingerprint density at radius 1 is 1.23 bits per heavy atom. The van der Waals surface area contributed by atoms with Crippen LogP contribution in [0.25, 0.3) is 0 Å². The van der Waals surface area contributed by atoms with Crippen molar-refractivity contribution in [2.45, 2.75) is 13.3 Å². The van der Waals surface area contributed by atoms with Crippen LogP contribution in [0.15, 0.2) is 24.3 Å². The summed E-state index contributed by atoms with van der Waals surface area (Å²) in [5.41, 5.74) is 1.07. The zero-order valence-electron chi connectivity index (χ0n) is 12.6. The molecule has 7 heteroatoms. The number of amides is 2. The summed E-state index contributed by atoms with van der Waals surface area (Å²) in [6.45, 7) is 2.11. The summed E-state index contributed by atoms with van der Waals surface area (Å²) >= 11 is 0. The van der Waals surface area contributed by atoms with E-state index in [0.717, 1.165) is 12.7 Å². The lowest BCUT2D eigenvalue weighted by Gasteiger charge is -2.07. The average Bonchev–Trinajstić information content (AvgIpc) is 3.15. The van der Waals surface area contributed by atoms with Crippen molar-refractivity contribution in [1.82, 2.24) is 5.32 Å². The van der Waals surface area contributed by atoms with Gasteiger partial charge in [0.2, 0.25) is 5.91 Å². The predicted molar refractivity (Wildman–Crippen MR) is 84.4 cm³/mol. The number of carbonyl (C=O) groups excluding carboxylic acids is 2. The molecule has 0 aliphatic heterocycles. The maximum atomic E-state index is 11.8. The Morgan fingerprint density at radius 2 is 1.82 bits per heavy atom. The van der Waals surface area contributed by atoms with E-state index in [-0.39, 0.29) is 30.0 Å². The number of hydrogen-bond acceptors (Lipinski definition) is 4. The second-order valence-electron chi connectivity index (χ2n) is 5.77. The van der Waals surface area contributed by atoms with Gasteiger partial charge in [-0.2, -0.15) is 0 Å². The molecule has 1 aromatic rings. The van der Waals surface area contributed by atoms with Gasteiger partial charge in [-0.25, -0.2) is 8.42 Å². The highest BCUT2D eigenvalue weighted by atomic mass is 32.2. The molecule has 1 saturated carbocycles. The van der Waals surface area contributed by atoms with Crippen LogP contribution in [0.1, 0.15) is 23.7 Å². The minimum Gasteiger partial charge on any atom is -0.351 e. The summed E-state index contributed by atoms with van der Waals surface area (Å²) in [7, 11) is -3.09. The number of carbonyl (C=O) groups is 2. The average molecular weight is 324 g/mol. The molecular weight excluding hydrogens is 304 g/mol. The van der Waals surface area contributed by atoms with E-state index < -0.39 is 9.84 Å². The van der Waals surface area contributed by atoms with Gasteiger partial charge in [0.1, 0.15) is 9.84 Å². The third kappa shape index (κ3) is 4.84. The van der Waals surface area contributed by atoms with E-state index in [0.29, 0.717) is 17.2 Å². The van der Waals surface area contributed by atoms with E-state index in [9.17, 15) is 18.0 Å². The summed E-state index contributed by atoms with van der Waals surface area (Å²) in [6.07, 6.45) is 2.05. The molecule has 0 radical (unpaired) electrons. The first-order valence-electron chi connectivity index (χ1n) is 7.13. The zero-order chi connectivity index (χ0) is 16.3. The SMILES string of the molecule is C[C@H]1C[C@H]1C(=O)Nc1ccc(C(=O)NCCS(C)(=O)=O)cc1. The first kappa shape index (κ1) is 16.5. The normalized spacial score (nSPS) is 20.3. The zero-order valence-corrected chi connectivity index (χ0v) is 13.4. The number of rotatable bonds is 6. The molecule has 0 heterocycles. The van der Waals surface area contributed by atoms with Crippen LogP contribution in [0.3, 0.4) is 0 Å². The maximum Gasteiger partial charge on any atom is 0.251 e. The lowest BCUT2D eigenvalue weighted by molar-refractivity contribution is -0.117. The fourth-order valence-electron chi connectivity index (χ4n) is 2.08. The highest BCUT2D eigenvalue weighted by Crippen LogP contribution is 2.38. The molecule has 1 fully saturated rings. The van der Waals surface area contributed by atoms with E-state index in [2.05, 4.69) is 10.6 Å². The Hall–Kier alpha value is -1.89. The Bertz CT molecular complexity index is 667. The van der Waals surface area contributed by atoms with E-state index in [4.69, 9.17) is 0 Å². The van der Waals surface area contributed by atoms with Crippen molar-refractivity contribution in [3.63, 3.8) is 0 Å². The summed E-state index contributed by atoms with van der Waals surface area (Å²) in [5, 5.41) is 5.36. The van der Waals surface area contributed by atoms with Crippen LogP contribution < -0.4 is 10.6 Å². The minimum absolute atomic E-state index is 0.0119. The predicted octanol–water partition coefficient (Wildman–Crippen LogP) is 1.06. The van der Waals surface area contributed by atoms with Gasteiger partial charge in [-0.05, 0) is 36.6 Å². The molecule has 0 aromatic heterocycles.